The molecule has 0 unspecified atom stereocenters. The molecule has 0 aromatic carbocycles. The van der Waals surface area contributed by atoms with Gasteiger partial charge in [0.25, 0.3) is 0 Å². The highest BCUT2D eigenvalue weighted by atomic mass is 32.2. The minimum Gasteiger partial charge on any atom is -0.318 e. The average molecular weight is 163 g/mol. The highest BCUT2D eigenvalue weighted by Crippen LogP contribution is 2.42. The molecule has 0 saturated heterocycles. The van der Waals surface area contributed by atoms with Gasteiger partial charge in [-0.05, 0) is 19.9 Å². The van der Waals surface area contributed by atoms with E-state index in [2.05, 4.69) is 5.32 Å². The molecule has 0 spiro atoms. The third-order valence-corrected chi connectivity index (χ3v) is 4.22. The van der Waals surface area contributed by atoms with Crippen LogP contribution in [0, 0.1) is 0 Å². The quantitative estimate of drug-likeness (QED) is 0.626. The first-order valence-electron chi connectivity index (χ1n) is 3.36. The van der Waals surface area contributed by atoms with Crippen molar-refractivity contribution in [3.05, 3.63) is 0 Å². The van der Waals surface area contributed by atoms with Crippen LogP contribution in [0.15, 0.2) is 0 Å². The van der Waals surface area contributed by atoms with Crippen molar-refractivity contribution in [2.75, 3.05) is 19.8 Å². The highest BCUT2D eigenvalue weighted by molar-refractivity contribution is 7.92. The number of hydrogen-bond acceptors (Lipinski definition) is 3. The molecular weight excluding hydrogens is 150 g/mol. The summed E-state index contributed by atoms with van der Waals surface area (Å²) in [7, 11) is -1.03. The summed E-state index contributed by atoms with van der Waals surface area (Å²) in [4.78, 5) is 0. The third-order valence-electron chi connectivity index (χ3n) is 2.09. The van der Waals surface area contributed by atoms with Crippen molar-refractivity contribution in [3.63, 3.8) is 0 Å². The molecule has 0 aliphatic heterocycles. The summed E-state index contributed by atoms with van der Waals surface area (Å²) in [6, 6.07) is 0. The predicted octanol–water partition coefficient (Wildman–Crippen LogP) is -0.217. The van der Waals surface area contributed by atoms with Gasteiger partial charge in [0.05, 0.1) is 4.75 Å². The lowest BCUT2D eigenvalue weighted by Crippen LogP contribution is -2.32. The lowest BCUT2D eigenvalue weighted by atomic mass is 10.4. The maximum Gasteiger partial charge on any atom is 0.154 e. The van der Waals surface area contributed by atoms with Crippen molar-refractivity contribution in [1.29, 1.82) is 0 Å². The zero-order valence-corrected chi connectivity index (χ0v) is 7.16. The summed E-state index contributed by atoms with van der Waals surface area (Å²) >= 11 is 0. The van der Waals surface area contributed by atoms with Gasteiger partial charge in [0.1, 0.15) is 0 Å². The molecular formula is C6H13NO2S. The molecule has 4 heteroatoms. The van der Waals surface area contributed by atoms with Crippen LogP contribution in [0.1, 0.15) is 12.8 Å². The SMILES string of the molecule is CNCC1(S(C)(=O)=O)CC1. The summed E-state index contributed by atoms with van der Waals surface area (Å²) in [6.07, 6.45) is 2.97. The van der Waals surface area contributed by atoms with Gasteiger partial charge >= 0.3 is 0 Å². The lowest BCUT2D eigenvalue weighted by Gasteiger charge is -2.10. The van der Waals surface area contributed by atoms with Crippen LogP contribution in [0.3, 0.4) is 0 Å². The fraction of sp³-hybridized carbons (Fsp3) is 1.00. The Hall–Kier alpha value is -0.0900. The topological polar surface area (TPSA) is 46.2 Å². The van der Waals surface area contributed by atoms with Gasteiger partial charge in [0.15, 0.2) is 9.84 Å². The molecule has 10 heavy (non-hydrogen) atoms. The van der Waals surface area contributed by atoms with Gasteiger partial charge in [-0.3, -0.25) is 0 Å². The summed E-state index contributed by atoms with van der Waals surface area (Å²) < 4.78 is 21.7. The van der Waals surface area contributed by atoms with Crippen LogP contribution in [0.25, 0.3) is 0 Å². The first kappa shape index (κ1) is 8.01. The fourth-order valence-electron chi connectivity index (χ4n) is 1.14. The molecule has 1 saturated carbocycles. The maximum atomic E-state index is 11.1. The Bertz CT molecular complexity index is 216. The number of hydrogen-bond donors (Lipinski definition) is 1. The Balaban J connectivity index is 2.71. The van der Waals surface area contributed by atoms with Gasteiger partial charge in [-0.2, -0.15) is 0 Å². The number of rotatable bonds is 3. The van der Waals surface area contributed by atoms with Gasteiger partial charge in [-0.15, -0.1) is 0 Å². The van der Waals surface area contributed by atoms with Crippen molar-refractivity contribution < 1.29 is 8.42 Å². The van der Waals surface area contributed by atoms with Crippen molar-refractivity contribution >= 4 is 9.84 Å². The average Bonchev–Trinajstić information content (AvgIpc) is 2.45. The monoisotopic (exact) mass is 163 g/mol. The van der Waals surface area contributed by atoms with E-state index < -0.39 is 14.6 Å². The van der Waals surface area contributed by atoms with Gasteiger partial charge in [-0.25, -0.2) is 8.42 Å². The zero-order valence-electron chi connectivity index (χ0n) is 6.35. The molecule has 1 fully saturated rings. The van der Waals surface area contributed by atoms with Gasteiger partial charge in [0, 0.05) is 12.8 Å². The van der Waals surface area contributed by atoms with Crippen LogP contribution in [0.5, 0.6) is 0 Å². The lowest BCUT2D eigenvalue weighted by molar-refractivity contribution is 0.575. The first-order valence-corrected chi connectivity index (χ1v) is 5.25. The van der Waals surface area contributed by atoms with Gasteiger partial charge in [-0.1, -0.05) is 0 Å². The van der Waals surface area contributed by atoms with E-state index in [9.17, 15) is 8.42 Å². The van der Waals surface area contributed by atoms with Crippen molar-refractivity contribution in [2.24, 2.45) is 0 Å². The first-order chi connectivity index (χ1) is 4.52. The van der Waals surface area contributed by atoms with E-state index in [1.807, 2.05) is 0 Å². The molecule has 0 atom stereocenters. The van der Waals surface area contributed by atoms with Gasteiger partial charge < -0.3 is 5.32 Å². The smallest absolute Gasteiger partial charge is 0.154 e. The van der Waals surface area contributed by atoms with Crippen LogP contribution in [-0.2, 0) is 9.84 Å². The molecule has 1 aliphatic carbocycles. The van der Waals surface area contributed by atoms with E-state index in [-0.39, 0.29) is 0 Å². The maximum absolute atomic E-state index is 11.1. The predicted molar refractivity (Wildman–Crippen MR) is 40.7 cm³/mol. The molecule has 0 aromatic rings. The molecule has 1 aliphatic rings. The van der Waals surface area contributed by atoms with Gasteiger partial charge in [0.2, 0.25) is 0 Å². The van der Waals surface area contributed by atoms with E-state index in [1.54, 1.807) is 7.05 Å². The third kappa shape index (κ3) is 1.18. The van der Waals surface area contributed by atoms with E-state index in [0.29, 0.717) is 6.54 Å². The van der Waals surface area contributed by atoms with E-state index >= 15 is 0 Å². The van der Waals surface area contributed by atoms with E-state index in [1.165, 1.54) is 6.26 Å². The molecule has 3 nitrogen and oxygen atoms in total. The molecule has 1 N–H and O–H groups in total. The fourth-order valence-corrected chi connectivity index (χ4v) is 2.39. The van der Waals surface area contributed by atoms with E-state index in [4.69, 9.17) is 0 Å². The molecule has 60 valence electrons. The summed E-state index contributed by atoms with van der Waals surface area (Å²) in [6.45, 7) is 0.603. The zero-order chi connectivity index (χ0) is 7.83. The Morgan fingerprint density at radius 3 is 2.10 bits per heavy atom. The largest absolute Gasteiger partial charge is 0.318 e. The minimum absolute atomic E-state index is 0.401. The van der Waals surface area contributed by atoms with Crippen molar-refractivity contribution in [2.45, 2.75) is 17.6 Å². The number of sulfone groups is 1. The normalized spacial score (nSPS) is 22.6. The van der Waals surface area contributed by atoms with Crippen LogP contribution < -0.4 is 5.32 Å². The molecule has 0 radical (unpaired) electrons. The summed E-state index contributed by atoms with van der Waals surface area (Å²) in [5.41, 5.74) is 0. The Morgan fingerprint density at radius 2 is 2.00 bits per heavy atom. The Labute approximate surface area is 61.7 Å². The molecule has 0 amide bonds. The Kier molecular flexibility index (Phi) is 1.76. The van der Waals surface area contributed by atoms with Crippen molar-refractivity contribution in [3.8, 4) is 0 Å². The second-order valence-corrected chi connectivity index (χ2v) is 5.40. The molecule has 1 rings (SSSR count). The van der Waals surface area contributed by atoms with Crippen LogP contribution >= 0.6 is 0 Å². The second-order valence-electron chi connectivity index (χ2n) is 2.99. The molecule has 0 aromatic heterocycles. The standard InChI is InChI=1S/C6H13NO2S/c1-7-5-6(3-4-6)10(2,8)9/h7H,3-5H2,1-2H3. The summed E-state index contributed by atoms with van der Waals surface area (Å²) in [5.74, 6) is 0. The second kappa shape index (κ2) is 2.20. The highest BCUT2D eigenvalue weighted by Gasteiger charge is 2.51. The van der Waals surface area contributed by atoms with Crippen LogP contribution in [-0.4, -0.2) is 33.0 Å². The van der Waals surface area contributed by atoms with Crippen LogP contribution in [0.4, 0.5) is 0 Å². The number of nitrogens with one attached hydrogen (secondary N) is 1. The summed E-state index contributed by atoms with van der Waals surface area (Å²) in [5, 5.41) is 2.90. The minimum atomic E-state index is -2.82. The Morgan fingerprint density at radius 1 is 1.50 bits per heavy atom. The molecule has 0 bridgehead atoms. The van der Waals surface area contributed by atoms with E-state index in [0.717, 1.165) is 12.8 Å². The molecule has 0 heterocycles. The van der Waals surface area contributed by atoms with Crippen molar-refractivity contribution in [1.82, 2.24) is 5.32 Å². The van der Waals surface area contributed by atoms with Crippen LogP contribution in [0.2, 0.25) is 0 Å².